The molecule has 0 bridgehead atoms. The van der Waals surface area contributed by atoms with Gasteiger partial charge in [0.05, 0.1) is 11.4 Å². The summed E-state index contributed by atoms with van der Waals surface area (Å²) >= 11 is 1.35. The van der Waals surface area contributed by atoms with Crippen molar-refractivity contribution in [3.63, 3.8) is 0 Å². The Kier molecular flexibility index (Phi) is 6.27. The zero-order chi connectivity index (χ0) is 22.7. The molecule has 0 aromatic carbocycles. The van der Waals surface area contributed by atoms with Crippen LogP contribution >= 0.6 is 11.3 Å². The van der Waals surface area contributed by atoms with Crippen LogP contribution < -0.4 is 5.32 Å². The maximum atomic E-state index is 13.4. The van der Waals surface area contributed by atoms with Crippen molar-refractivity contribution >= 4 is 34.5 Å². The zero-order valence-electron chi connectivity index (χ0n) is 18.0. The van der Waals surface area contributed by atoms with E-state index in [1.165, 1.54) is 23.6 Å². The zero-order valence-corrected chi connectivity index (χ0v) is 18.8. The molecule has 0 aliphatic carbocycles. The number of rotatable bonds is 7. The quantitative estimate of drug-likeness (QED) is 0.410. The van der Waals surface area contributed by atoms with Crippen LogP contribution in [0.3, 0.4) is 0 Å². The highest BCUT2D eigenvalue weighted by molar-refractivity contribution is 7.14. The minimum Gasteiger partial charge on any atom is -0.339 e. The van der Waals surface area contributed by atoms with Gasteiger partial charge < -0.3 is 4.57 Å². The number of aryl methyl sites for hydroxylation is 1. The summed E-state index contributed by atoms with van der Waals surface area (Å²) < 4.78 is 17.0. The topological polar surface area (TPSA) is 77.6 Å². The van der Waals surface area contributed by atoms with Crippen LogP contribution in [0.25, 0.3) is 12.2 Å². The first kappa shape index (κ1) is 21.6. The van der Waals surface area contributed by atoms with Gasteiger partial charge in [-0.1, -0.05) is 13.8 Å². The van der Waals surface area contributed by atoms with Gasteiger partial charge >= 0.3 is 0 Å². The fraction of sp³-hybridized carbons (Fsp3) is 0.217. The van der Waals surface area contributed by atoms with Gasteiger partial charge in [-0.25, -0.2) is 9.97 Å². The van der Waals surface area contributed by atoms with Gasteiger partial charge in [0, 0.05) is 37.1 Å². The molecule has 4 rings (SSSR count). The van der Waals surface area contributed by atoms with Crippen LogP contribution in [0.15, 0.2) is 48.1 Å². The van der Waals surface area contributed by atoms with Gasteiger partial charge in [-0.3, -0.25) is 14.8 Å². The SMILES string of the molecule is CC(C)c1cc(C=Cc2csc(NC(=O)c3cccn3Cc3ccnc(F)c3)n2)nn1C. The molecule has 0 fully saturated rings. The largest absolute Gasteiger partial charge is 0.339 e. The normalized spacial score (nSPS) is 11.5. The molecule has 1 amide bonds. The molecule has 0 saturated heterocycles. The number of hydrogen-bond acceptors (Lipinski definition) is 5. The molecule has 4 aromatic heterocycles. The summed E-state index contributed by atoms with van der Waals surface area (Å²) in [6, 6.07) is 8.62. The number of pyridine rings is 1. The first-order valence-corrected chi connectivity index (χ1v) is 11.0. The number of aromatic nitrogens is 5. The van der Waals surface area contributed by atoms with Crippen LogP contribution in [0.2, 0.25) is 0 Å². The average Bonchev–Trinajstić information content (AvgIpc) is 3.46. The summed E-state index contributed by atoms with van der Waals surface area (Å²) in [6.07, 6.45) is 6.97. The molecule has 164 valence electrons. The molecule has 4 aromatic rings. The number of anilines is 1. The number of halogens is 1. The second-order valence-electron chi connectivity index (χ2n) is 7.65. The standard InChI is InChI=1S/C23H23FN6OS/c1-15(2)20-12-17(28-29(20)3)6-7-18-14-32-23(26-18)27-22(31)19-5-4-10-30(19)13-16-8-9-25-21(24)11-16/h4-12,14-15H,13H2,1-3H3,(H,26,27,31). The van der Waals surface area contributed by atoms with E-state index in [0.717, 1.165) is 22.6 Å². The van der Waals surface area contributed by atoms with E-state index in [4.69, 9.17) is 0 Å². The van der Waals surface area contributed by atoms with Crippen molar-refractivity contribution in [1.29, 1.82) is 0 Å². The molecule has 4 heterocycles. The minimum atomic E-state index is -0.546. The fourth-order valence-electron chi connectivity index (χ4n) is 3.37. The lowest BCUT2D eigenvalue weighted by Gasteiger charge is -2.09. The Morgan fingerprint density at radius 3 is 2.81 bits per heavy atom. The Morgan fingerprint density at radius 2 is 2.06 bits per heavy atom. The third kappa shape index (κ3) is 5.00. The molecule has 0 atom stereocenters. The van der Waals surface area contributed by atoms with Crippen molar-refractivity contribution in [2.45, 2.75) is 26.3 Å². The van der Waals surface area contributed by atoms with E-state index in [2.05, 4.69) is 40.3 Å². The Bertz CT molecular complexity index is 1270. The van der Waals surface area contributed by atoms with E-state index in [9.17, 15) is 9.18 Å². The van der Waals surface area contributed by atoms with Gasteiger partial charge in [0.2, 0.25) is 5.95 Å². The molecule has 0 saturated carbocycles. The van der Waals surface area contributed by atoms with E-state index in [-0.39, 0.29) is 5.91 Å². The maximum Gasteiger partial charge on any atom is 0.274 e. The van der Waals surface area contributed by atoms with Gasteiger partial charge in [0.1, 0.15) is 5.69 Å². The third-order valence-electron chi connectivity index (χ3n) is 4.90. The third-order valence-corrected chi connectivity index (χ3v) is 5.68. The summed E-state index contributed by atoms with van der Waals surface area (Å²) in [5, 5.41) is 9.70. The predicted molar refractivity (Wildman–Crippen MR) is 124 cm³/mol. The van der Waals surface area contributed by atoms with Crippen molar-refractivity contribution < 1.29 is 9.18 Å². The Morgan fingerprint density at radius 1 is 1.25 bits per heavy atom. The first-order chi connectivity index (χ1) is 15.4. The molecular formula is C23H23FN6OS. The summed E-state index contributed by atoms with van der Waals surface area (Å²) in [7, 11) is 1.93. The van der Waals surface area contributed by atoms with Crippen LogP contribution in [0.5, 0.6) is 0 Å². The average molecular weight is 451 g/mol. The minimum absolute atomic E-state index is 0.277. The molecule has 7 nitrogen and oxygen atoms in total. The highest BCUT2D eigenvalue weighted by atomic mass is 32.1. The highest BCUT2D eigenvalue weighted by Crippen LogP contribution is 2.20. The van der Waals surface area contributed by atoms with Gasteiger partial charge in [0.25, 0.3) is 5.91 Å². The van der Waals surface area contributed by atoms with Crippen LogP contribution in [-0.2, 0) is 13.6 Å². The number of amides is 1. The van der Waals surface area contributed by atoms with E-state index in [0.29, 0.717) is 23.3 Å². The Balaban J connectivity index is 1.42. The lowest BCUT2D eigenvalue weighted by molar-refractivity contribution is 0.101. The predicted octanol–water partition coefficient (Wildman–Crippen LogP) is 4.81. The molecule has 0 aliphatic rings. The Hall–Kier alpha value is -3.59. The van der Waals surface area contributed by atoms with Gasteiger partial charge in [-0.15, -0.1) is 11.3 Å². The van der Waals surface area contributed by atoms with Crippen LogP contribution in [-0.4, -0.2) is 30.2 Å². The van der Waals surface area contributed by atoms with Gasteiger partial charge in [0.15, 0.2) is 5.13 Å². The number of hydrogen-bond donors (Lipinski definition) is 1. The lowest BCUT2D eigenvalue weighted by atomic mass is 10.1. The number of thiazole rings is 1. The maximum absolute atomic E-state index is 13.4. The first-order valence-electron chi connectivity index (χ1n) is 10.1. The fourth-order valence-corrected chi connectivity index (χ4v) is 4.05. The van der Waals surface area contributed by atoms with Crippen molar-refractivity contribution in [3.8, 4) is 0 Å². The highest BCUT2D eigenvalue weighted by Gasteiger charge is 2.13. The molecule has 0 aliphatic heterocycles. The molecule has 0 radical (unpaired) electrons. The second-order valence-corrected chi connectivity index (χ2v) is 8.50. The smallest absolute Gasteiger partial charge is 0.274 e. The van der Waals surface area contributed by atoms with E-state index in [1.54, 1.807) is 29.0 Å². The summed E-state index contributed by atoms with van der Waals surface area (Å²) in [5.74, 6) is -0.428. The van der Waals surface area contributed by atoms with Crippen LogP contribution in [0.4, 0.5) is 9.52 Å². The lowest BCUT2D eigenvalue weighted by Crippen LogP contribution is -2.17. The molecule has 9 heteroatoms. The van der Waals surface area contributed by atoms with E-state index >= 15 is 0 Å². The van der Waals surface area contributed by atoms with Crippen molar-refractivity contribution in [2.24, 2.45) is 7.05 Å². The molecule has 1 N–H and O–H groups in total. The second kappa shape index (κ2) is 9.27. The van der Waals surface area contributed by atoms with Crippen molar-refractivity contribution in [1.82, 2.24) is 24.3 Å². The van der Waals surface area contributed by atoms with Gasteiger partial charge in [-0.05, 0) is 54.0 Å². The van der Waals surface area contributed by atoms with E-state index in [1.807, 2.05) is 29.3 Å². The number of nitrogens with one attached hydrogen (secondary N) is 1. The number of carbonyl (C=O) groups is 1. The van der Waals surface area contributed by atoms with Crippen molar-refractivity contribution in [2.75, 3.05) is 5.32 Å². The molecule has 0 unspecified atom stereocenters. The number of nitrogens with zero attached hydrogens (tertiary/aromatic N) is 5. The summed E-state index contributed by atoms with van der Waals surface area (Å²) in [6.45, 7) is 4.63. The molecule has 0 spiro atoms. The molecular weight excluding hydrogens is 427 g/mol. The van der Waals surface area contributed by atoms with E-state index < -0.39 is 5.95 Å². The van der Waals surface area contributed by atoms with Crippen molar-refractivity contribution in [3.05, 3.63) is 82.4 Å². The van der Waals surface area contributed by atoms with Crippen LogP contribution in [0.1, 0.15) is 52.9 Å². The monoisotopic (exact) mass is 450 g/mol. The van der Waals surface area contributed by atoms with Crippen LogP contribution in [0, 0.1) is 5.95 Å². The number of carbonyl (C=O) groups excluding carboxylic acids is 1. The molecule has 32 heavy (non-hydrogen) atoms. The van der Waals surface area contributed by atoms with Gasteiger partial charge in [-0.2, -0.15) is 9.49 Å². The summed E-state index contributed by atoms with van der Waals surface area (Å²) in [4.78, 5) is 20.8. The summed E-state index contributed by atoms with van der Waals surface area (Å²) in [5.41, 5.74) is 3.95. The Labute approximate surface area is 189 Å².